The first-order chi connectivity index (χ1) is 12.8. The minimum Gasteiger partial charge on any atom is -0.399 e. The number of hydrogen-bond donors (Lipinski definition) is 0. The number of aryl methyl sites for hydroxylation is 2. The van der Waals surface area contributed by atoms with Gasteiger partial charge in [-0.2, -0.15) is 0 Å². The molecule has 0 radical (unpaired) electrons. The molecule has 2 rings (SSSR count). The van der Waals surface area contributed by atoms with Crippen molar-refractivity contribution < 1.29 is 9.68 Å². The van der Waals surface area contributed by atoms with Crippen LogP contribution in [0.15, 0.2) is 46.7 Å². The van der Waals surface area contributed by atoms with Crippen LogP contribution in [-0.4, -0.2) is 41.9 Å². The van der Waals surface area contributed by atoms with Gasteiger partial charge in [-0.15, -0.1) is 0 Å². The molecule has 0 N–H and O–H groups in total. The summed E-state index contributed by atoms with van der Waals surface area (Å²) in [6.45, 7) is 12.1. The van der Waals surface area contributed by atoms with E-state index in [9.17, 15) is 0 Å². The third-order valence-electron chi connectivity index (χ3n) is 3.83. The standard InChI is InChI=1S/C20H28N4O2Si/c1-15-9-7-11-19(21-15)17(3)23-25-13-27(5,6)14-26-24-18(4)20-12-8-10-16(2)22-20/h7-12H,13-14H2,1-6H3. The molecular formula is C20H28N4O2Si. The molecule has 0 aromatic carbocycles. The molecule has 0 atom stereocenters. The summed E-state index contributed by atoms with van der Waals surface area (Å²) in [5.74, 6) is 0. The Hall–Kier alpha value is -2.54. The Kier molecular flexibility index (Phi) is 7.24. The number of rotatable bonds is 8. The molecule has 2 heterocycles. The molecular weight excluding hydrogens is 356 g/mol. The summed E-state index contributed by atoms with van der Waals surface area (Å²) < 4.78 is 0. The SMILES string of the molecule is CC(=NOC[Si](C)(C)CON=C(C)c1cccc(C)n1)c1cccc(C)n1. The fourth-order valence-electron chi connectivity index (χ4n) is 2.23. The van der Waals surface area contributed by atoms with Crippen LogP contribution in [0.1, 0.15) is 36.6 Å². The van der Waals surface area contributed by atoms with E-state index in [2.05, 4.69) is 33.4 Å². The Balaban J connectivity index is 1.85. The van der Waals surface area contributed by atoms with Gasteiger partial charge in [0.25, 0.3) is 0 Å². The highest BCUT2D eigenvalue weighted by molar-refractivity contribution is 6.77. The number of nitrogens with zero attached hydrogens (tertiary/aromatic N) is 4. The van der Waals surface area contributed by atoms with Crippen LogP contribution >= 0.6 is 0 Å². The smallest absolute Gasteiger partial charge is 0.143 e. The summed E-state index contributed by atoms with van der Waals surface area (Å²) in [5, 5.41) is 8.42. The maximum absolute atomic E-state index is 5.58. The van der Waals surface area contributed by atoms with Crippen LogP contribution in [0.5, 0.6) is 0 Å². The normalized spacial score (nSPS) is 12.8. The fourth-order valence-corrected chi connectivity index (χ4v) is 3.14. The van der Waals surface area contributed by atoms with Crippen LogP contribution in [0.4, 0.5) is 0 Å². The van der Waals surface area contributed by atoms with Gasteiger partial charge >= 0.3 is 0 Å². The molecule has 0 bridgehead atoms. The summed E-state index contributed by atoms with van der Waals surface area (Å²) in [5.41, 5.74) is 5.11. The highest BCUT2D eigenvalue weighted by Gasteiger charge is 2.24. The molecule has 0 aliphatic carbocycles. The third-order valence-corrected chi connectivity index (χ3v) is 5.65. The summed E-state index contributed by atoms with van der Waals surface area (Å²) in [7, 11) is -1.76. The van der Waals surface area contributed by atoms with Gasteiger partial charge in [0, 0.05) is 11.4 Å². The molecule has 0 aliphatic rings. The minimum absolute atomic E-state index is 0.549. The third kappa shape index (κ3) is 6.94. The number of aromatic nitrogens is 2. The van der Waals surface area contributed by atoms with Gasteiger partial charge in [0.1, 0.15) is 32.0 Å². The first kappa shape index (κ1) is 20.8. The zero-order valence-corrected chi connectivity index (χ0v) is 18.0. The van der Waals surface area contributed by atoms with Crippen molar-refractivity contribution >= 4 is 19.5 Å². The Morgan fingerprint density at radius 3 is 1.59 bits per heavy atom. The van der Waals surface area contributed by atoms with E-state index in [0.717, 1.165) is 34.2 Å². The van der Waals surface area contributed by atoms with Gasteiger partial charge in [0.2, 0.25) is 0 Å². The van der Waals surface area contributed by atoms with Crippen LogP contribution in [0.2, 0.25) is 13.1 Å². The molecule has 0 saturated carbocycles. The second-order valence-corrected chi connectivity index (χ2v) is 12.3. The van der Waals surface area contributed by atoms with Crippen LogP contribution in [0.25, 0.3) is 0 Å². The Morgan fingerprint density at radius 1 is 0.815 bits per heavy atom. The number of hydrogen-bond acceptors (Lipinski definition) is 6. The van der Waals surface area contributed by atoms with E-state index in [1.54, 1.807) is 0 Å². The van der Waals surface area contributed by atoms with Crippen LogP contribution in [0, 0.1) is 13.8 Å². The minimum atomic E-state index is -1.76. The lowest BCUT2D eigenvalue weighted by molar-refractivity contribution is 0.160. The van der Waals surface area contributed by atoms with Gasteiger partial charge in [-0.3, -0.25) is 9.97 Å². The van der Waals surface area contributed by atoms with Gasteiger partial charge in [-0.1, -0.05) is 35.5 Å². The van der Waals surface area contributed by atoms with Gasteiger partial charge < -0.3 is 9.68 Å². The van der Waals surface area contributed by atoms with Gasteiger partial charge in [-0.05, 0) is 52.0 Å². The molecule has 2 aromatic heterocycles. The van der Waals surface area contributed by atoms with E-state index in [1.165, 1.54) is 0 Å². The molecule has 144 valence electrons. The predicted octanol–water partition coefficient (Wildman–Crippen LogP) is 4.06. The second kappa shape index (κ2) is 9.41. The summed E-state index contributed by atoms with van der Waals surface area (Å²) in [4.78, 5) is 20.1. The van der Waals surface area contributed by atoms with Crippen LogP contribution in [0.3, 0.4) is 0 Å². The zero-order valence-electron chi connectivity index (χ0n) is 17.0. The van der Waals surface area contributed by atoms with E-state index in [1.807, 2.05) is 64.1 Å². The molecule has 0 fully saturated rings. The highest BCUT2D eigenvalue weighted by atomic mass is 28.3. The number of oxime groups is 2. The Morgan fingerprint density at radius 2 is 1.22 bits per heavy atom. The number of pyridine rings is 2. The molecule has 0 unspecified atom stereocenters. The average molecular weight is 385 g/mol. The van der Waals surface area contributed by atoms with E-state index in [-0.39, 0.29) is 0 Å². The Labute approximate surface area is 162 Å². The van der Waals surface area contributed by atoms with E-state index in [0.29, 0.717) is 12.5 Å². The van der Waals surface area contributed by atoms with Crippen molar-refractivity contribution in [3.05, 3.63) is 59.2 Å². The van der Waals surface area contributed by atoms with Crippen molar-refractivity contribution in [2.24, 2.45) is 10.3 Å². The van der Waals surface area contributed by atoms with E-state index in [4.69, 9.17) is 9.68 Å². The second-order valence-electron chi connectivity index (χ2n) is 7.39. The molecule has 0 amide bonds. The molecule has 2 aromatic rings. The van der Waals surface area contributed by atoms with E-state index >= 15 is 0 Å². The lowest BCUT2D eigenvalue weighted by Crippen LogP contribution is -2.38. The van der Waals surface area contributed by atoms with E-state index < -0.39 is 8.07 Å². The fraction of sp³-hybridized carbons (Fsp3) is 0.400. The molecule has 6 nitrogen and oxygen atoms in total. The maximum Gasteiger partial charge on any atom is 0.143 e. The summed E-state index contributed by atoms with van der Waals surface area (Å²) in [6.07, 6.45) is 1.10. The van der Waals surface area contributed by atoms with Crippen molar-refractivity contribution in [3.8, 4) is 0 Å². The topological polar surface area (TPSA) is 69.0 Å². The van der Waals surface area contributed by atoms with Crippen LogP contribution < -0.4 is 0 Å². The van der Waals surface area contributed by atoms with Crippen LogP contribution in [-0.2, 0) is 9.68 Å². The highest BCUT2D eigenvalue weighted by Crippen LogP contribution is 2.07. The van der Waals surface area contributed by atoms with Gasteiger partial charge in [0.05, 0.1) is 11.4 Å². The molecule has 0 spiro atoms. The van der Waals surface area contributed by atoms with Gasteiger partial charge in [0.15, 0.2) is 0 Å². The Bertz CT molecular complexity index is 767. The van der Waals surface area contributed by atoms with Crippen molar-refractivity contribution in [2.45, 2.75) is 40.8 Å². The summed E-state index contributed by atoms with van der Waals surface area (Å²) in [6, 6.07) is 11.7. The first-order valence-electron chi connectivity index (χ1n) is 8.98. The molecule has 0 aliphatic heterocycles. The van der Waals surface area contributed by atoms with Gasteiger partial charge in [-0.25, -0.2) is 0 Å². The van der Waals surface area contributed by atoms with Crippen molar-refractivity contribution in [1.82, 2.24) is 9.97 Å². The average Bonchev–Trinajstić information content (AvgIpc) is 2.61. The lowest BCUT2D eigenvalue weighted by Gasteiger charge is -2.18. The summed E-state index contributed by atoms with van der Waals surface area (Å²) >= 11 is 0. The molecule has 0 saturated heterocycles. The maximum atomic E-state index is 5.58. The quantitative estimate of drug-likeness (QED) is 0.391. The monoisotopic (exact) mass is 384 g/mol. The first-order valence-corrected chi connectivity index (χ1v) is 12.4. The zero-order chi connectivity index (χ0) is 19.9. The van der Waals surface area contributed by atoms with Crippen molar-refractivity contribution in [3.63, 3.8) is 0 Å². The molecule has 7 heteroatoms. The van der Waals surface area contributed by atoms with Crippen molar-refractivity contribution in [2.75, 3.05) is 12.5 Å². The lowest BCUT2D eigenvalue weighted by atomic mass is 10.2. The van der Waals surface area contributed by atoms with Crippen molar-refractivity contribution in [1.29, 1.82) is 0 Å². The largest absolute Gasteiger partial charge is 0.399 e. The predicted molar refractivity (Wildman–Crippen MR) is 112 cm³/mol. The molecule has 27 heavy (non-hydrogen) atoms.